The molecule has 0 radical (unpaired) electrons. The molecule has 0 heterocycles. The van der Waals surface area contributed by atoms with Crippen LogP contribution in [0.2, 0.25) is 0 Å². The minimum absolute atomic E-state index is 0. The Morgan fingerprint density at radius 1 is 1.43 bits per heavy atom. The zero-order chi connectivity index (χ0) is 4.99. The minimum atomic E-state index is 0. The molecular weight excluding hydrogens is 115 g/mol. The van der Waals surface area contributed by atoms with Crippen LogP contribution in [0.1, 0.15) is 28.1 Å². The average molecular weight is 126 g/mol. The molecule has 0 fully saturated rings. The average Bonchev–Trinajstić information content (AvgIpc) is 1.65. The van der Waals surface area contributed by atoms with Crippen molar-refractivity contribution in [2.45, 2.75) is 26.7 Å². The summed E-state index contributed by atoms with van der Waals surface area (Å²) < 4.78 is 0. The molecule has 7 heavy (non-hydrogen) atoms. The van der Waals surface area contributed by atoms with E-state index in [1.54, 1.807) is 0 Å². The molecule has 0 spiro atoms. The van der Waals surface area contributed by atoms with Crippen molar-refractivity contribution in [1.29, 1.82) is 0 Å². The molecule has 0 aliphatic rings. The summed E-state index contributed by atoms with van der Waals surface area (Å²) in [6, 6.07) is 0. The van der Waals surface area contributed by atoms with E-state index in [2.05, 4.69) is 0 Å². The minimum Gasteiger partial charge on any atom is -1.00 e. The molecule has 0 aliphatic heterocycles. The van der Waals surface area contributed by atoms with Crippen molar-refractivity contribution in [2.75, 3.05) is 0 Å². The molecular formula is C5H11KO. The van der Waals surface area contributed by atoms with Crippen LogP contribution in [-0.4, -0.2) is 5.78 Å². The van der Waals surface area contributed by atoms with Crippen molar-refractivity contribution in [2.24, 2.45) is 0 Å². The predicted molar refractivity (Wildman–Crippen MR) is 26.7 cm³/mol. The topological polar surface area (TPSA) is 17.1 Å². The summed E-state index contributed by atoms with van der Waals surface area (Å²) in [7, 11) is 0. The van der Waals surface area contributed by atoms with Gasteiger partial charge in [-0.3, -0.25) is 4.79 Å². The number of rotatable bonds is 2. The van der Waals surface area contributed by atoms with Gasteiger partial charge in [0.15, 0.2) is 0 Å². The fourth-order valence-corrected chi connectivity index (χ4v) is 0.250. The smallest absolute Gasteiger partial charge is 1.00 e. The van der Waals surface area contributed by atoms with Crippen molar-refractivity contribution in [3.05, 3.63) is 0 Å². The third-order valence-electron chi connectivity index (χ3n) is 0.789. The second-order valence-electron chi connectivity index (χ2n) is 1.25. The van der Waals surface area contributed by atoms with Gasteiger partial charge in [0.05, 0.1) is 0 Å². The Morgan fingerprint density at radius 3 is 1.71 bits per heavy atom. The molecule has 0 aromatic heterocycles. The van der Waals surface area contributed by atoms with Gasteiger partial charge in [0.1, 0.15) is 5.78 Å². The number of Topliss-reactive ketones (excluding diaryl/α,β-unsaturated/α-hetero) is 1. The van der Waals surface area contributed by atoms with Crippen LogP contribution >= 0.6 is 0 Å². The third-order valence-corrected chi connectivity index (χ3v) is 0.789. The molecule has 2 heteroatoms. The van der Waals surface area contributed by atoms with E-state index < -0.39 is 0 Å². The maximum atomic E-state index is 10.2. The van der Waals surface area contributed by atoms with Gasteiger partial charge in [-0.15, -0.1) is 0 Å². The van der Waals surface area contributed by atoms with E-state index in [9.17, 15) is 4.79 Å². The zero-order valence-corrected chi connectivity index (χ0v) is 8.45. The van der Waals surface area contributed by atoms with E-state index in [-0.39, 0.29) is 52.8 Å². The zero-order valence-electron chi connectivity index (χ0n) is 6.32. The van der Waals surface area contributed by atoms with Crippen molar-refractivity contribution in [3.63, 3.8) is 0 Å². The molecule has 0 aromatic carbocycles. The Morgan fingerprint density at radius 2 is 1.71 bits per heavy atom. The summed E-state index contributed by atoms with van der Waals surface area (Å²) in [5, 5.41) is 0. The van der Waals surface area contributed by atoms with Crippen LogP contribution in [0.3, 0.4) is 0 Å². The Kier molecular flexibility index (Phi) is 11.6. The van der Waals surface area contributed by atoms with Crippen LogP contribution in [0.4, 0.5) is 0 Å². The standard InChI is InChI=1S/C5H10O.K.H/c1-3-5(6)4-2;;/h3-4H2,1-2H3;;/q;+1;-1. The van der Waals surface area contributed by atoms with Gasteiger partial charge in [0.2, 0.25) is 0 Å². The SMILES string of the molecule is CCC(=O)CC.[H-].[K+]. The van der Waals surface area contributed by atoms with E-state index >= 15 is 0 Å². The van der Waals surface area contributed by atoms with Crippen molar-refractivity contribution in [1.82, 2.24) is 0 Å². The maximum absolute atomic E-state index is 10.2. The number of hydrogen-bond acceptors (Lipinski definition) is 1. The van der Waals surface area contributed by atoms with Crippen molar-refractivity contribution < 1.29 is 57.6 Å². The third kappa shape index (κ3) is 7.31. The molecule has 0 rings (SSSR count). The molecule has 0 unspecified atom stereocenters. The van der Waals surface area contributed by atoms with E-state index in [1.807, 2.05) is 13.8 Å². The quantitative estimate of drug-likeness (QED) is 0.411. The summed E-state index contributed by atoms with van der Waals surface area (Å²) >= 11 is 0. The van der Waals surface area contributed by atoms with Crippen LogP contribution in [0, 0.1) is 0 Å². The summed E-state index contributed by atoms with van der Waals surface area (Å²) in [4.78, 5) is 10.2. The normalized spacial score (nSPS) is 7.14. The van der Waals surface area contributed by atoms with Crippen LogP contribution in [0.5, 0.6) is 0 Å². The van der Waals surface area contributed by atoms with E-state index in [4.69, 9.17) is 0 Å². The fourth-order valence-electron chi connectivity index (χ4n) is 0.250. The Balaban J connectivity index is -0.000000125. The van der Waals surface area contributed by atoms with Crippen LogP contribution < -0.4 is 51.4 Å². The molecule has 0 atom stereocenters. The second-order valence-corrected chi connectivity index (χ2v) is 1.25. The summed E-state index contributed by atoms with van der Waals surface area (Å²) in [6.45, 7) is 3.76. The van der Waals surface area contributed by atoms with E-state index in [0.717, 1.165) is 0 Å². The van der Waals surface area contributed by atoms with Gasteiger partial charge in [-0.05, 0) is 0 Å². The first-order valence-corrected chi connectivity index (χ1v) is 2.33. The molecule has 0 aliphatic carbocycles. The first-order chi connectivity index (χ1) is 2.81. The van der Waals surface area contributed by atoms with Gasteiger partial charge in [0.25, 0.3) is 0 Å². The molecule has 0 bridgehead atoms. The summed E-state index contributed by atoms with van der Waals surface area (Å²) in [5.74, 6) is 0.343. The van der Waals surface area contributed by atoms with Gasteiger partial charge in [-0.25, -0.2) is 0 Å². The van der Waals surface area contributed by atoms with Gasteiger partial charge in [-0.2, -0.15) is 0 Å². The summed E-state index contributed by atoms with van der Waals surface area (Å²) in [5.41, 5.74) is 0. The first kappa shape index (κ1) is 11.1. The first-order valence-electron chi connectivity index (χ1n) is 2.33. The Bertz CT molecular complexity index is 50.4. The number of carbonyl (C=O) groups excluding carboxylic acids is 1. The molecule has 0 saturated carbocycles. The van der Waals surface area contributed by atoms with E-state index in [1.165, 1.54) is 0 Å². The Labute approximate surface area is 88.8 Å². The monoisotopic (exact) mass is 126 g/mol. The van der Waals surface area contributed by atoms with Gasteiger partial charge in [-0.1, -0.05) is 13.8 Å². The van der Waals surface area contributed by atoms with Gasteiger partial charge in [0, 0.05) is 12.8 Å². The fraction of sp³-hybridized carbons (Fsp3) is 0.800. The molecule has 0 N–H and O–H groups in total. The van der Waals surface area contributed by atoms with Crippen LogP contribution in [0.25, 0.3) is 0 Å². The molecule has 1 nitrogen and oxygen atoms in total. The molecule has 0 amide bonds. The number of carbonyl (C=O) groups is 1. The van der Waals surface area contributed by atoms with Gasteiger partial charge < -0.3 is 1.43 Å². The number of ketones is 1. The second kappa shape index (κ2) is 7.31. The largest absolute Gasteiger partial charge is 1.00 e. The van der Waals surface area contributed by atoms with Crippen LogP contribution in [0.15, 0.2) is 0 Å². The molecule has 0 aromatic rings. The Hall–Kier alpha value is 1.31. The molecule has 38 valence electrons. The summed E-state index contributed by atoms with van der Waals surface area (Å²) in [6.07, 6.45) is 1.38. The van der Waals surface area contributed by atoms with Crippen molar-refractivity contribution in [3.8, 4) is 0 Å². The van der Waals surface area contributed by atoms with E-state index in [0.29, 0.717) is 18.6 Å². The van der Waals surface area contributed by atoms with Crippen LogP contribution in [-0.2, 0) is 4.79 Å². The molecule has 0 saturated heterocycles. The predicted octanol–water partition coefficient (Wildman–Crippen LogP) is -1.51. The van der Waals surface area contributed by atoms with Gasteiger partial charge >= 0.3 is 51.4 Å². The maximum Gasteiger partial charge on any atom is 1.00 e. The van der Waals surface area contributed by atoms with Crippen molar-refractivity contribution >= 4 is 5.78 Å². The number of hydrogen-bond donors (Lipinski definition) is 0.